The number of thiazole rings is 2. The second-order valence-electron chi connectivity index (χ2n) is 3.51. The van der Waals surface area contributed by atoms with Crippen molar-refractivity contribution in [2.45, 2.75) is 6.54 Å². The fourth-order valence-corrected chi connectivity index (χ4v) is 3.16. The van der Waals surface area contributed by atoms with Gasteiger partial charge in [-0.25, -0.2) is 4.39 Å². The van der Waals surface area contributed by atoms with Crippen LogP contribution in [0.15, 0.2) is 34.7 Å². The van der Waals surface area contributed by atoms with Crippen LogP contribution in [0.2, 0.25) is 0 Å². The largest absolute Gasteiger partial charge is 0.308 e. The van der Waals surface area contributed by atoms with Gasteiger partial charge in [-0.2, -0.15) is 0 Å². The molecule has 0 saturated carbocycles. The zero-order valence-electron chi connectivity index (χ0n) is 8.59. The average molecular weight is 266 g/mol. The van der Waals surface area contributed by atoms with E-state index in [0.29, 0.717) is 16.8 Å². The van der Waals surface area contributed by atoms with Gasteiger partial charge in [0, 0.05) is 11.1 Å². The molecule has 0 amide bonds. The van der Waals surface area contributed by atoms with Crippen LogP contribution in [0.25, 0.3) is 10.2 Å². The number of fused-ring (bicyclic) bond motifs is 1. The molecule has 0 fully saturated rings. The van der Waals surface area contributed by atoms with Crippen molar-refractivity contribution in [1.29, 1.82) is 0 Å². The number of rotatable bonds is 2. The van der Waals surface area contributed by atoms with Gasteiger partial charge in [0.1, 0.15) is 5.82 Å². The van der Waals surface area contributed by atoms with Crippen molar-refractivity contribution in [3.05, 3.63) is 50.3 Å². The van der Waals surface area contributed by atoms with Gasteiger partial charge in [0.15, 0.2) is 0 Å². The molecule has 0 spiro atoms. The normalized spacial score (nSPS) is 11.1. The molecule has 86 valence electrons. The molecule has 0 saturated heterocycles. The fourth-order valence-electron chi connectivity index (χ4n) is 1.68. The molecule has 2 aromatic heterocycles. The van der Waals surface area contributed by atoms with E-state index in [0.717, 1.165) is 16.2 Å². The third kappa shape index (κ3) is 1.79. The highest BCUT2D eigenvalue weighted by molar-refractivity contribution is 7.16. The first-order valence-corrected chi connectivity index (χ1v) is 6.60. The molecule has 2 heterocycles. The summed E-state index contributed by atoms with van der Waals surface area (Å²) in [5.74, 6) is -0.340. The SMILES string of the molecule is O=c1sc2c(F)cccc2n1Cc1cncs1. The fraction of sp³-hybridized carbons (Fsp3) is 0.0909. The summed E-state index contributed by atoms with van der Waals surface area (Å²) in [7, 11) is 0. The number of nitrogens with zero attached hydrogens (tertiary/aromatic N) is 2. The minimum atomic E-state index is -0.340. The third-order valence-electron chi connectivity index (χ3n) is 2.44. The van der Waals surface area contributed by atoms with Crippen LogP contribution in [-0.2, 0) is 6.54 Å². The van der Waals surface area contributed by atoms with Crippen LogP contribution in [0.3, 0.4) is 0 Å². The summed E-state index contributed by atoms with van der Waals surface area (Å²) in [6.07, 6.45) is 1.72. The second kappa shape index (κ2) is 4.05. The Hall–Kier alpha value is -1.53. The lowest BCUT2D eigenvalue weighted by Gasteiger charge is -2.00. The van der Waals surface area contributed by atoms with Crippen molar-refractivity contribution in [1.82, 2.24) is 9.55 Å². The van der Waals surface area contributed by atoms with Crippen LogP contribution >= 0.6 is 22.7 Å². The van der Waals surface area contributed by atoms with Gasteiger partial charge in [0.2, 0.25) is 0 Å². The van der Waals surface area contributed by atoms with Crippen LogP contribution < -0.4 is 4.87 Å². The van der Waals surface area contributed by atoms with E-state index in [1.54, 1.807) is 28.4 Å². The van der Waals surface area contributed by atoms with E-state index in [2.05, 4.69) is 4.98 Å². The number of aromatic nitrogens is 2. The van der Waals surface area contributed by atoms with Gasteiger partial charge in [-0.1, -0.05) is 17.4 Å². The molecular formula is C11H7FN2OS2. The Morgan fingerprint density at radius 3 is 3.06 bits per heavy atom. The molecule has 0 aliphatic rings. The molecule has 0 radical (unpaired) electrons. The molecule has 17 heavy (non-hydrogen) atoms. The van der Waals surface area contributed by atoms with Gasteiger partial charge >= 0.3 is 4.87 Å². The Balaban J connectivity index is 2.19. The standard InChI is InChI=1S/C11H7FN2OS2/c12-8-2-1-3-9-10(8)17-11(15)14(9)5-7-4-13-6-16-7/h1-4,6H,5H2. The first-order valence-electron chi connectivity index (χ1n) is 4.91. The second-order valence-corrected chi connectivity index (χ2v) is 5.44. The number of hydrogen-bond donors (Lipinski definition) is 0. The van der Waals surface area contributed by atoms with Crippen molar-refractivity contribution in [2.24, 2.45) is 0 Å². The molecule has 3 aromatic rings. The van der Waals surface area contributed by atoms with Gasteiger partial charge < -0.3 is 0 Å². The summed E-state index contributed by atoms with van der Waals surface area (Å²) in [6, 6.07) is 4.75. The molecule has 6 heteroatoms. The van der Waals surface area contributed by atoms with E-state index in [4.69, 9.17) is 0 Å². The number of benzene rings is 1. The average Bonchev–Trinajstić information content (AvgIpc) is 2.91. The van der Waals surface area contributed by atoms with Gasteiger partial charge in [0.25, 0.3) is 0 Å². The summed E-state index contributed by atoms with van der Waals surface area (Å²) >= 11 is 2.43. The summed E-state index contributed by atoms with van der Waals surface area (Å²) in [5, 5.41) is 0. The van der Waals surface area contributed by atoms with Crippen LogP contribution in [0.1, 0.15) is 4.88 Å². The van der Waals surface area contributed by atoms with Crippen LogP contribution in [0.4, 0.5) is 4.39 Å². The number of halogens is 1. The van der Waals surface area contributed by atoms with E-state index in [9.17, 15) is 9.18 Å². The van der Waals surface area contributed by atoms with E-state index < -0.39 is 0 Å². The molecule has 3 nitrogen and oxygen atoms in total. The Kier molecular flexibility index (Phi) is 2.53. The van der Waals surface area contributed by atoms with Crippen molar-refractivity contribution < 1.29 is 4.39 Å². The maximum absolute atomic E-state index is 13.5. The zero-order chi connectivity index (χ0) is 11.8. The summed E-state index contributed by atoms with van der Waals surface area (Å²) in [6.45, 7) is 0.451. The highest BCUT2D eigenvalue weighted by atomic mass is 32.1. The van der Waals surface area contributed by atoms with Gasteiger partial charge in [-0.05, 0) is 12.1 Å². The first kappa shape index (κ1) is 10.6. The van der Waals surface area contributed by atoms with Crippen LogP contribution in [0, 0.1) is 5.82 Å². The van der Waals surface area contributed by atoms with Gasteiger partial charge in [0.05, 0.1) is 22.3 Å². The number of hydrogen-bond acceptors (Lipinski definition) is 4. The van der Waals surface area contributed by atoms with E-state index in [-0.39, 0.29) is 10.7 Å². The Morgan fingerprint density at radius 1 is 1.41 bits per heavy atom. The Labute approximate surface area is 104 Å². The van der Waals surface area contributed by atoms with Crippen molar-refractivity contribution in [3.8, 4) is 0 Å². The lowest BCUT2D eigenvalue weighted by Crippen LogP contribution is -2.12. The van der Waals surface area contributed by atoms with E-state index in [1.807, 2.05) is 0 Å². The maximum atomic E-state index is 13.5. The van der Waals surface area contributed by atoms with E-state index in [1.165, 1.54) is 17.4 Å². The van der Waals surface area contributed by atoms with Crippen molar-refractivity contribution in [3.63, 3.8) is 0 Å². The molecule has 0 atom stereocenters. The predicted molar refractivity (Wildman–Crippen MR) is 67.3 cm³/mol. The summed E-state index contributed by atoms with van der Waals surface area (Å²) in [5.41, 5.74) is 2.36. The lowest BCUT2D eigenvalue weighted by atomic mass is 10.3. The van der Waals surface area contributed by atoms with Crippen LogP contribution in [-0.4, -0.2) is 9.55 Å². The monoisotopic (exact) mass is 266 g/mol. The third-order valence-corrected chi connectivity index (χ3v) is 4.21. The summed E-state index contributed by atoms with van der Waals surface area (Å²) < 4.78 is 15.5. The highest BCUT2D eigenvalue weighted by Gasteiger charge is 2.11. The van der Waals surface area contributed by atoms with Crippen LogP contribution in [0.5, 0.6) is 0 Å². The molecule has 0 unspecified atom stereocenters. The molecule has 0 bridgehead atoms. The molecule has 0 aliphatic carbocycles. The first-order chi connectivity index (χ1) is 8.25. The summed E-state index contributed by atoms with van der Waals surface area (Å²) in [4.78, 5) is 16.6. The smallest absolute Gasteiger partial charge is 0.293 e. The lowest BCUT2D eigenvalue weighted by molar-refractivity contribution is 0.641. The van der Waals surface area contributed by atoms with Crippen molar-refractivity contribution >= 4 is 32.9 Å². The van der Waals surface area contributed by atoms with E-state index >= 15 is 0 Å². The molecular weight excluding hydrogens is 259 g/mol. The Bertz CT molecular complexity index is 715. The highest BCUT2D eigenvalue weighted by Crippen LogP contribution is 2.21. The molecule has 0 aliphatic heterocycles. The minimum absolute atomic E-state index is 0.140. The topological polar surface area (TPSA) is 34.9 Å². The van der Waals surface area contributed by atoms with Crippen molar-refractivity contribution in [2.75, 3.05) is 0 Å². The minimum Gasteiger partial charge on any atom is -0.293 e. The molecule has 1 aromatic carbocycles. The quantitative estimate of drug-likeness (QED) is 0.715. The molecule has 3 rings (SSSR count). The predicted octanol–water partition coefficient (Wildman–Crippen LogP) is 2.71. The Morgan fingerprint density at radius 2 is 2.29 bits per heavy atom. The van der Waals surface area contributed by atoms with Gasteiger partial charge in [-0.3, -0.25) is 14.3 Å². The molecule has 0 N–H and O–H groups in total. The zero-order valence-corrected chi connectivity index (χ0v) is 10.2. The van der Waals surface area contributed by atoms with Gasteiger partial charge in [-0.15, -0.1) is 11.3 Å². The maximum Gasteiger partial charge on any atom is 0.308 e.